The number of ether oxygens (including phenoxy) is 1. The number of carboxylic acids is 1. The van der Waals surface area contributed by atoms with E-state index in [4.69, 9.17) is 9.84 Å². The molecule has 17 heavy (non-hydrogen) atoms. The molecule has 3 nitrogen and oxygen atoms in total. The fourth-order valence-electron chi connectivity index (χ4n) is 2.23. The molecule has 0 bridgehead atoms. The molecule has 1 heterocycles. The van der Waals surface area contributed by atoms with Gasteiger partial charge in [0.2, 0.25) is 0 Å². The van der Waals surface area contributed by atoms with E-state index in [1.807, 2.05) is 18.2 Å². The second-order valence-corrected chi connectivity index (χ2v) is 4.64. The van der Waals surface area contributed by atoms with Gasteiger partial charge < -0.3 is 9.84 Å². The van der Waals surface area contributed by atoms with Crippen LogP contribution in [0.3, 0.4) is 0 Å². The van der Waals surface area contributed by atoms with Crippen LogP contribution in [0.2, 0.25) is 0 Å². The highest BCUT2D eigenvalue weighted by Gasteiger charge is 2.18. The summed E-state index contributed by atoms with van der Waals surface area (Å²) in [6.45, 7) is 3.32. The maximum Gasteiger partial charge on any atom is 0.310 e. The number of carbonyl (C=O) groups is 1. The number of benzene rings is 1. The zero-order valence-corrected chi connectivity index (χ0v) is 10.1. The summed E-state index contributed by atoms with van der Waals surface area (Å²) in [5.74, 6) is -0.800. The molecule has 0 spiro atoms. The summed E-state index contributed by atoms with van der Waals surface area (Å²) in [5, 5.41) is 9.01. The first-order valence-electron chi connectivity index (χ1n) is 6.09. The normalized spacial score (nSPS) is 22.1. The molecular weight excluding hydrogens is 216 g/mol. The van der Waals surface area contributed by atoms with Crippen LogP contribution in [-0.4, -0.2) is 24.3 Å². The zero-order valence-electron chi connectivity index (χ0n) is 10.1. The molecule has 0 aliphatic carbocycles. The highest BCUT2D eigenvalue weighted by Crippen LogP contribution is 2.27. The van der Waals surface area contributed by atoms with Gasteiger partial charge >= 0.3 is 5.97 Å². The van der Waals surface area contributed by atoms with E-state index in [9.17, 15) is 4.79 Å². The molecule has 1 fully saturated rings. The fourth-order valence-corrected chi connectivity index (χ4v) is 2.23. The third-order valence-corrected chi connectivity index (χ3v) is 3.41. The third kappa shape index (κ3) is 2.86. The van der Waals surface area contributed by atoms with Gasteiger partial charge in [0.05, 0.1) is 12.5 Å². The lowest BCUT2D eigenvalue weighted by Gasteiger charge is -2.23. The molecule has 0 saturated carbocycles. The summed E-state index contributed by atoms with van der Waals surface area (Å²) < 4.78 is 5.47. The second kappa shape index (κ2) is 5.32. The Morgan fingerprint density at radius 1 is 1.53 bits per heavy atom. The molecule has 0 amide bonds. The lowest BCUT2D eigenvalue weighted by atomic mass is 9.90. The average molecular weight is 234 g/mol. The molecule has 0 radical (unpaired) electrons. The summed E-state index contributed by atoms with van der Waals surface area (Å²) in [6, 6.07) is 7.90. The first kappa shape index (κ1) is 12.1. The largest absolute Gasteiger partial charge is 0.481 e. The molecule has 3 heteroatoms. The van der Waals surface area contributed by atoms with Crippen LogP contribution in [0, 0.1) is 0 Å². The molecule has 2 unspecified atom stereocenters. The Balaban J connectivity index is 2.18. The Hall–Kier alpha value is -1.35. The molecule has 2 atom stereocenters. The molecule has 1 saturated heterocycles. The summed E-state index contributed by atoms with van der Waals surface area (Å²) >= 11 is 0. The molecular formula is C14H18O3. The number of carboxylic acid groups (broad SMARTS) is 1. The molecule has 1 aromatic rings. The van der Waals surface area contributed by atoms with Crippen molar-refractivity contribution in [2.24, 2.45) is 0 Å². The molecule has 1 aromatic carbocycles. The van der Waals surface area contributed by atoms with Crippen molar-refractivity contribution in [1.82, 2.24) is 0 Å². The quantitative estimate of drug-likeness (QED) is 0.874. The van der Waals surface area contributed by atoms with Gasteiger partial charge in [0, 0.05) is 12.5 Å². The van der Waals surface area contributed by atoms with E-state index in [0.29, 0.717) is 5.92 Å². The smallest absolute Gasteiger partial charge is 0.310 e. The van der Waals surface area contributed by atoms with E-state index in [1.54, 1.807) is 6.92 Å². The van der Waals surface area contributed by atoms with Crippen molar-refractivity contribution < 1.29 is 14.6 Å². The minimum Gasteiger partial charge on any atom is -0.481 e. The van der Waals surface area contributed by atoms with Crippen molar-refractivity contribution in [2.75, 3.05) is 13.2 Å². The van der Waals surface area contributed by atoms with Gasteiger partial charge in [-0.05, 0) is 30.9 Å². The fraction of sp³-hybridized carbons (Fsp3) is 0.500. The van der Waals surface area contributed by atoms with E-state index in [0.717, 1.165) is 31.6 Å². The highest BCUT2D eigenvalue weighted by atomic mass is 16.5. The van der Waals surface area contributed by atoms with Gasteiger partial charge in [-0.15, -0.1) is 0 Å². The Morgan fingerprint density at radius 3 is 3.00 bits per heavy atom. The molecule has 0 aromatic heterocycles. The van der Waals surface area contributed by atoms with Crippen LogP contribution in [0.15, 0.2) is 24.3 Å². The predicted molar refractivity (Wildman–Crippen MR) is 65.3 cm³/mol. The van der Waals surface area contributed by atoms with Crippen molar-refractivity contribution in [3.8, 4) is 0 Å². The van der Waals surface area contributed by atoms with Crippen molar-refractivity contribution in [3.05, 3.63) is 35.4 Å². The van der Waals surface area contributed by atoms with Crippen molar-refractivity contribution >= 4 is 5.97 Å². The van der Waals surface area contributed by atoms with Gasteiger partial charge in [-0.3, -0.25) is 4.79 Å². The van der Waals surface area contributed by atoms with Gasteiger partial charge in [0.15, 0.2) is 0 Å². The number of hydrogen-bond donors (Lipinski definition) is 1. The Morgan fingerprint density at radius 2 is 2.35 bits per heavy atom. The predicted octanol–water partition coefficient (Wildman–Crippen LogP) is 2.77. The van der Waals surface area contributed by atoms with Crippen LogP contribution in [0.25, 0.3) is 0 Å². The Labute approximate surface area is 101 Å². The van der Waals surface area contributed by atoms with Gasteiger partial charge in [-0.1, -0.05) is 24.3 Å². The van der Waals surface area contributed by atoms with Gasteiger partial charge in [0.25, 0.3) is 0 Å². The molecule has 2 rings (SSSR count). The standard InChI is InChI=1S/C14H18O3/c1-10(14(15)16)11-4-2-5-12(8-11)13-6-3-7-17-9-13/h2,4-5,8,10,13H,3,6-7,9H2,1H3,(H,15,16). The van der Waals surface area contributed by atoms with Crippen molar-refractivity contribution in [3.63, 3.8) is 0 Å². The molecule has 1 aliphatic heterocycles. The van der Waals surface area contributed by atoms with Gasteiger partial charge in [0.1, 0.15) is 0 Å². The van der Waals surface area contributed by atoms with Crippen LogP contribution >= 0.6 is 0 Å². The van der Waals surface area contributed by atoms with Crippen LogP contribution in [0.4, 0.5) is 0 Å². The molecule has 1 aliphatic rings. The monoisotopic (exact) mass is 234 g/mol. The maximum atomic E-state index is 11.0. The van der Waals surface area contributed by atoms with E-state index >= 15 is 0 Å². The first-order valence-corrected chi connectivity index (χ1v) is 6.09. The summed E-state index contributed by atoms with van der Waals surface area (Å²) in [7, 11) is 0. The summed E-state index contributed by atoms with van der Waals surface area (Å²) in [5.41, 5.74) is 2.08. The summed E-state index contributed by atoms with van der Waals surface area (Å²) in [6.07, 6.45) is 2.22. The lowest BCUT2D eigenvalue weighted by Crippen LogP contribution is -2.16. The Kier molecular flexibility index (Phi) is 3.79. The van der Waals surface area contributed by atoms with Gasteiger partial charge in [-0.2, -0.15) is 0 Å². The topological polar surface area (TPSA) is 46.5 Å². The number of hydrogen-bond acceptors (Lipinski definition) is 2. The minimum absolute atomic E-state index is 0.421. The zero-order chi connectivity index (χ0) is 12.3. The van der Waals surface area contributed by atoms with E-state index < -0.39 is 11.9 Å². The van der Waals surface area contributed by atoms with E-state index in [2.05, 4.69) is 6.07 Å². The van der Waals surface area contributed by atoms with Crippen LogP contribution in [0.1, 0.15) is 42.7 Å². The van der Waals surface area contributed by atoms with Crippen molar-refractivity contribution in [1.29, 1.82) is 0 Å². The number of aliphatic carboxylic acids is 1. The SMILES string of the molecule is CC(C(=O)O)c1cccc(C2CCCOC2)c1. The second-order valence-electron chi connectivity index (χ2n) is 4.64. The van der Waals surface area contributed by atoms with Crippen molar-refractivity contribution in [2.45, 2.75) is 31.6 Å². The van der Waals surface area contributed by atoms with Gasteiger partial charge in [-0.25, -0.2) is 0 Å². The maximum absolute atomic E-state index is 11.0. The molecule has 1 N–H and O–H groups in total. The van der Waals surface area contributed by atoms with E-state index in [1.165, 1.54) is 5.56 Å². The lowest BCUT2D eigenvalue weighted by molar-refractivity contribution is -0.138. The highest BCUT2D eigenvalue weighted by molar-refractivity contribution is 5.75. The minimum atomic E-state index is -0.776. The van der Waals surface area contributed by atoms with E-state index in [-0.39, 0.29) is 0 Å². The number of rotatable bonds is 3. The van der Waals surface area contributed by atoms with Crippen LogP contribution in [0.5, 0.6) is 0 Å². The third-order valence-electron chi connectivity index (χ3n) is 3.41. The summed E-state index contributed by atoms with van der Waals surface area (Å²) in [4.78, 5) is 11.0. The average Bonchev–Trinajstić information content (AvgIpc) is 2.39. The van der Waals surface area contributed by atoms with Crippen LogP contribution in [-0.2, 0) is 9.53 Å². The van der Waals surface area contributed by atoms with Crippen LogP contribution < -0.4 is 0 Å². The molecule has 92 valence electrons. The first-order chi connectivity index (χ1) is 8.18. The Bertz CT molecular complexity index is 394.